The molecule has 0 atom stereocenters. The van der Waals surface area contributed by atoms with Crippen LogP contribution in [0.2, 0.25) is 0 Å². The van der Waals surface area contributed by atoms with Crippen LogP contribution in [0.4, 0.5) is 18.9 Å². The van der Waals surface area contributed by atoms with E-state index in [0.29, 0.717) is 21.9 Å². The third kappa shape index (κ3) is 6.44. The Bertz CT molecular complexity index is 1070. The van der Waals surface area contributed by atoms with Crippen molar-refractivity contribution in [1.29, 1.82) is 0 Å². The highest BCUT2D eigenvalue weighted by atomic mass is 32.2. The fourth-order valence-electron chi connectivity index (χ4n) is 2.58. The minimum absolute atomic E-state index is 0.0183. The molecule has 0 saturated heterocycles. The summed E-state index contributed by atoms with van der Waals surface area (Å²) in [7, 11) is 1.78. The Kier molecular flexibility index (Phi) is 7.21. The molecule has 164 valence electrons. The summed E-state index contributed by atoms with van der Waals surface area (Å²) in [4.78, 5) is 20.9. The maximum Gasteiger partial charge on any atom is 0.416 e. The lowest BCUT2D eigenvalue weighted by atomic mass is 10.2. The third-order valence-electron chi connectivity index (χ3n) is 4.02. The molecule has 1 N–H and O–H groups in total. The first-order chi connectivity index (χ1) is 14.6. The van der Waals surface area contributed by atoms with Crippen LogP contribution in [0.3, 0.4) is 0 Å². The number of thioether (sulfide) groups is 2. The molecule has 3 rings (SSSR count). The molecule has 0 aliphatic carbocycles. The molecular weight excluding hydrogens is 449 g/mol. The summed E-state index contributed by atoms with van der Waals surface area (Å²) < 4.78 is 40.1. The van der Waals surface area contributed by atoms with E-state index in [2.05, 4.69) is 25.5 Å². The third-order valence-corrected chi connectivity index (χ3v) is 5.89. The van der Waals surface area contributed by atoms with Crippen LogP contribution >= 0.6 is 23.5 Å². The monoisotopic (exact) mass is 468 g/mol. The largest absolute Gasteiger partial charge is 0.416 e. The molecule has 1 amide bonds. The van der Waals surface area contributed by atoms with Crippen molar-refractivity contribution in [3.05, 3.63) is 53.1 Å². The van der Waals surface area contributed by atoms with Crippen LogP contribution in [0.15, 0.2) is 40.6 Å². The summed E-state index contributed by atoms with van der Waals surface area (Å²) in [5, 5.41) is 11.9. The van der Waals surface area contributed by atoms with Gasteiger partial charge in [0.2, 0.25) is 5.91 Å². The van der Waals surface area contributed by atoms with Crippen LogP contribution in [-0.2, 0) is 23.8 Å². The standard InChI is InChI=1S/C19H19F3N6OS2/c1-11-7-12(2)24-17(23-11)30-9-15-26-27-18(28(15)3)31-10-16(29)25-14-6-4-5-13(8-14)19(20,21)22/h4-8H,9-10H2,1-3H3,(H,25,29). The molecule has 0 bridgehead atoms. The lowest BCUT2D eigenvalue weighted by Gasteiger charge is -2.09. The van der Waals surface area contributed by atoms with Crippen molar-refractivity contribution in [2.24, 2.45) is 7.05 Å². The number of amides is 1. The Morgan fingerprint density at radius 1 is 1.10 bits per heavy atom. The SMILES string of the molecule is Cc1cc(C)nc(SCc2nnc(SCC(=O)Nc3cccc(C(F)(F)F)c3)n2C)n1. The summed E-state index contributed by atoms with van der Waals surface area (Å²) >= 11 is 2.58. The Labute approximate surface area is 185 Å². The van der Waals surface area contributed by atoms with Gasteiger partial charge >= 0.3 is 6.18 Å². The highest BCUT2D eigenvalue weighted by molar-refractivity contribution is 7.99. The van der Waals surface area contributed by atoms with Gasteiger partial charge in [-0.05, 0) is 38.1 Å². The molecule has 7 nitrogen and oxygen atoms in total. The number of nitrogens with zero attached hydrogens (tertiary/aromatic N) is 5. The van der Waals surface area contributed by atoms with Gasteiger partial charge < -0.3 is 9.88 Å². The molecule has 2 heterocycles. The van der Waals surface area contributed by atoms with Crippen molar-refractivity contribution < 1.29 is 18.0 Å². The first-order valence-electron chi connectivity index (χ1n) is 9.05. The quantitative estimate of drug-likeness (QED) is 0.410. The predicted molar refractivity (Wildman–Crippen MR) is 113 cm³/mol. The number of carbonyl (C=O) groups is 1. The van der Waals surface area contributed by atoms with Crippen molar-refractivity contribution in [2.45, 2.75) is 36.1 Å². The second-order valence-corrected chi connectivity index (χ2v) is 8.48. The summed E-state index contributed by atoms with van der Waals surface area (Å²) in [6.07, 6.45) is -4.47. The van der Waals surface area contributed by atoms with Crippen LogP contribution in [0.25, 0.3) is 0 Å². The molecule has 0 aliphatic rings. The molecule has 3 aromatic rings. The summed E-state index contributed by atoms with van der Waals surface area (Å²) in [6, 6.07) is 6.40. The average molecular weight is 469 g/mol. The van der Waals surface area contributed by atoms with Gasteiger partial charge in [0.15, 0.2) is 10.3 Å². The minimum Gasteiger partial charge on any atom is -0.325 e. The van der Waals surface area contributed by atoms with E-state index in [1.54, 1.807) is 11.6 Å². The first-order valence-corrected chi connectivity index (χ1v) is 11.0. The minimum atomic E-state index is -4.47. The van der Waals surface area contributed by atoms with Gasteiger partial charge in [-0.15, -0.1) is 10.2 Å². The van der Waals surface area contributed by atoms with Crippen LogP contribution in [0.5, 0.6) is 0 Å². The van der Waals surface area contributed by atoms with Gasteiger partial charge in [-0.2, -0.15) is 13.2 Å². The van der Waals surface area contributed by atoms with Gasteiger partial charge in [-0.3, -0.25) is 4.79 Å². The van der Waals surface area contributed by atoms with E-state index >= 15 is 0 Å². The van der Waals surface area contributed by atoms with Gasteiger partial charge in [0.25, 0.3) is 0 Å². The molecular formula is C19H19F3N6OS2. The van der Waals surface area contributed by atoms with E-state index in [4.69, 9.17) is 0 Å². The first kappa shape index (κ1) is 23.1. The Balaban J connectivity index is 1.55. The summed E-state index contributed by atoms with van der Waals surface area (Å²) in [5.41, 5.74) is 1.04. The number of halogens is 3. The van der Waals surface area contributed by atoms with E-state index in [9.17, 15) is 18.0 Å². The molecule has 0 fully saturated rings. The van der Waals surface area contributed by atoms with Gasteiger partial charge in [0.05, 0.1) is 17.1 Å². The highest BCUT2D eigenvalue weighted by Gasteiger charge is 2.30. The van der Waals surface area contributed by atoms with E-state index in [1.807, 2.05) is 19.9 Å². The highest BCUT2D eigenvalue weighted by Crippen LogP contribution is 2.30. The van der Waals surface area contributed by atoms with Gasteiger partial charge in [0.1, 0.15) is 5.82 Å². The van der Waals surface area contributed by atoms with E-state index in [1.165, 1.54) is 23.9 Å². The molecule has 31 heavy (non-hydrogen) atoms. The van der Waals surface area contributed by atoms with Crippen LogP contribution in [0, 0.1) is 13.8 Å². The van der Waals surface area contributed by atoms with Crippen molar-refractivity contribution in [3.63, 3.8) is 0 Å². The topological polar surface area (TPSA) is 85.6 Å². The number of alkyl halides is 3. The molecule has 0 aliphatic heterocycles. The van der Waals surface area contributed by atoms with Gasteiger partial charge in [-0.25, -0.2) is 9.97 Å². The Morgan fingerprint density at radius 3 is 2.48 bits per heavy atom. The molecule has 2 aromatic heterocycles. The van der Waals surface area contributed by atoms with Crippen molar-refractivity contribution in [3.8, 4) is 0 Å². The number of aromatic nitrogens is 5. The number of aryl methyl sites for hydroxylation is 2. The lowest BCUT2D eigenvalue weighted by Crippen LogP contribution is -2.15. The van der Waals surface area contributed by atoms with Gasteiger partial charge in [-0.1, -0.05) is 29.6 Å². The number of benzene rings is 1. The zero-order chi connectivity index (χ0) is 22.6. The summed E-state index contributed by atoms with van der Waals surface area (Å²) in [6.45, 7) is 3.81. The Hall–Kier alpha value is -2.60. The molecule has 0 unspecified atom stereocenters. The second-order valence-electron chi connectivity index (χ2n) is 6.60. The van der Waals surface area contributed by atoms with Crippen molar-refractivity contribution >= 4 is 35.1 Å². The van der Waals surface area contributed by atoms with Crippen LogP contribution in [0.1, 0.15) is 22.8 Å². The number of hydrogen-bond acceptors (Lipinski definition) is 7. The normalized spacial score (nSPS) is 11.5. The van der Waals surface area contributed by atoms with Crippen LogP contribution < -0.4 is 5.32 Å². The van der Waals surface area contributed by atoms with Crippen molar-refractivity contribution in [2.75, 3.05) is 11.1 Å². The number of nitrogens with one attached hydrogen (secondary N) is 1. The number of anilines is 1. The average Bonchev–Trinajstić information content (AvgIpc) is 3.03. The smallest absolute Gasteiger partial charge is 0.325 e. The predicted octanol–water partition coefficient (Wildman–Crippen LogP) is 4.26. The van der Waals surface area contributed by atoms with Gasteiger partial charge in [0, 0.05) is 24.1 Å². The molecule has 0 radical (unpaired) electrons. The maximum atomic E-state index is 12.8. The van der Waals surface area contributed by atoms with E-state index in [-0.39, 0.29) is 11.4 Å². The van der Waals surface area contributed by atoms with E-state index in [0.717, 1.165) is 35.3 Å². The molecule has 12 heteroatoms. The zero-order valence-electron chi connectivity index (χ0n) is 16.9. The Morgan fingerprint density at radius 2 is 1.81 bits per heavy atom. The fourth-order valence-corrected chi connectivity index (χ4v) is 4.24. The lowest BCUT2D eigenvalue weighted by molar-refractivity contribution is -0.137. The molecule has 0 saturated carbocycles. The number of rotatable bonds is 7. The zero-order valence-corrected chi connectivity index (χ0v) is 18.5. The fraction of sp³-hybridized carbons (Fsp3) is 0.316. The van der Waals surface area contributed by atoms with Crippen molar-refractivity contribution in [1.82, 2.24) is 24.7 Å². The van der Waals surface area contributed by atoms with Crippen LogP contribution in [-0.4, -0.2) is 36.4 Å². The second kappa shape index (κ2) is 9.69. The number of carbonyl (C=O) groups excluding carboxylic acids is 1. The number of hydrogen-bond donors (Lipinski definition) is 1. The maximum absolute atomic E-state index is 12.8. The van der Waals surface area contributed by atoms with E-state index < -0.39 is 17.6 Å². The summed E-state index contributed by atoms with van der Waals surface area (Å²) in [5.74, 6) is 0.735. The molecule has 1 aromatic carbocycles. The molecule has 0 spiro atoms.